The maximum Gasteiger partial charge on any atom is 0.408 e. The largest absolute Gasteiger partial charge is 0.458 e. The molecule has 0 bridgehead atoms. The van der Waals surface area contributed by atoms with Gasteiger partial charge in [0.15, 0.2) is 0 Å². The van der Waals surface area contributed by atoms with Crippen LogP contribution in [0.5, 0.6) is 0 Å². The zero-order chi connectivity index (χ0) is 38.4. The van der Waals surface area contributed by atoms with E-state index < -0.39 is 47.3 Å². The maximum atomic E-state index is 14.9. The van der Waals surface area contributed by atoms with Crippen LogP contribution in [-0.4, -0.2) is 58.6 Å². The molecule has 284 valence electrons. The molecule has 2 N–H and O–H groups in total. The summed E-state index contributed by atoms with van der Waals surface area (Å²) >= 11 is 0. The highest BCUT2D eigenvalue weighted by molar-refractivity contribution is 5.94. The van der Waals surface area contributed by atoms with Crippen LogP contribution in [0, 0.1) is 19.8 Å². The van der Waals surface area contributed by atoms with Gasteiger partial charge in [-0.25, -0.2) is 9.59 Å². The molecule has 0 heterocycles. The maximum absolute atomic E-state index is 14.9. The van der Waals surface area contributed by atoms with Crippen molar-refractivity contribution in [2.45, 2.75) is 157 Å². The minimum Gasteiger partial charge on any atom is -0.458 e. The zero-order valence-corrected chi connectivity index (χ0v) is 33.2. The Morgan fingerprint density at radius 3 is 1.88 bits per heavy atom. The second-order valence-corrected chi connectivity index (χ2v) is 15.9. The summed E-state index contributed by atoms with van der Waals surface area (Å²) in [5.74, 6) is -1.68. The number of unbranched alkanes of at least 4 members (excludes halogenated alkanes) is 5. The lowest BCUT2D eigenvalue weighted by Crippen LogP contribution is -2.56. The van der Waals surface area contributed by atoms with Crippen LogP contribution in [0.1, 0.15) is 136 Å². The smallest absolute Gasteiger partial charge is 0.408 e. The van der Waals surface area contributed by atoms with Crippen molar-refractivity contribution in [2.24, 2.45) is 5.92 Å². The predicted molar refractivity (Wildman–Crippen MR) is 204 cm³/mol. The molecule has 2 aromatic carbocycles. The molecule has 9 nitrogen and oxygen atoms in total. The topological polar surface area (TPSA) is 114 Å². The van der Waals surface area contributed by atoms with Gasteiger partial charge in [-0.15, -0.1) is 0 Å². The zero-order valence-electron chi connectivity index (χ0n) is 33.2. The van der Waals surface area contributed by atoms with Gasteiger partial charge in [0.1, 0.15) is 29.3 Å². The summed E-state index contributed by atoms with van der Waals surface area (Å²) in [4.78, 5) is 58.1. The molecule has 4 unspecified atom stereocenters. The highest BCUT2D eigenvalue weighted by atomic mass is 16.6. The van der Waals surface area contributed by atoms with Crippen LogP contribution < -0.4 is 10.6 Å². The van der Waals surface area contributed by atoms with Crippen molar-refractivity contribution in [3.05, 3.63) is 70.8 Å². The lowest BCUT2D eigenvalue weighted by molar-refractivity contribution is -0.159. The summed E-state index contributed by atoms with van der Waals surface area (Å²) < 4.78 is 11.4. The molecule has 2 rings (SSSR count). The Kier molecular flexibility index (Phi) is 17.2. The molecule has 0 radical (unpaired) electrons. The lowest BCUT2D eigenvalue weighted by Gasteiger charge is -2.37. The summed E-state index contributed by atoms with van der Waals surface area (Å²) in [7, 11) is 0. The fourth-order valence-electron chi connectivity index (χ4n) is 6.03. The number of hydrogen-bond acceptors (Lipinski definition) is 6. The number of amides is 3. The van der Waals surface area contributed by atoms with E-state index in [4.69, 9.17) is 9.47 Å². The van der Waals surface area contributed by atoms with E-state index in [0.717, 1.165) is 48.8 Å². The second kappa shape index (κ2) is 20.2. The fraction of sp³-hybridized carbons (Fsp3) is 0.619. The molecule has 0 fully saturated rings. The highest BCUT2D eigenvalue weighted by Gasteiger charge is 2.39. The van der Waals surface area contributed by atoms with Crippen LogP contribution >= 0.6 is 0 Å². The summed E-state index contributed by atoms with van der Waals surface area (Å²) in [6, 6.07) is 12.3. The molecule has 0 saturated carbocycles. The molecule has 0 aliphatic rings. The van der Waals surface area contributed by atoms with Crippen LogP contribution in [0.2, 0.25) is 0 Å². The van der Waals surface area contributed by atoms with Crippen molar-refractivity contribution in [1.29, 1.82) is 0 Å². The second-order valence-electron chi connectivity index (χ2n) is 15.9. The molecule has 2 aromatic rings. The molecule has 9 heteroatoms. The third-order valence-corrected chi connectivity index (χ3v) is 8.60. The minimum atomic E-state index is -1.08. The SMILES string of the molecule is CCCCCCCCN(C(=O)C(NC(=O)OC(C)(C)C)C(C)CC)C(C(=O)NC(Cc1ccccc1)C(=O)OC(C)(C)C)c1cc(C)cc(C)c1. The van der Waals surface area contributed by atoms with Gasteiger partial charge in [-0.3, -0.25) is 9.59 Å². The van der Waals surface area contributed by atoms with Crippen LogP contribution in [0.4, 0.5) is 4.79 Å². The van der Waals surface area contributed by atoms with Gasteiger partial charge in [0.2, 0.25) is 11.8 Å². The van der Waals surface area contributed by atoms with E-state index in [9.17, 15) is 19.2 Å². The molecular weight excluding hydrogens is 642 g/mol. The van der Waals surface area contributed by atoms with E-state index in [-0.39, 0.29) is 24.8 Å². The number of ether oxygens (including phenoxy) is 2. The summed E-state index contributed by atoms with van der Waals surface area (Å²) in [6.07, 6.45) is 6.04. The van der Waals surface area contributed by atoms with Crippen molar-refractivity contribution in [1.82, 2.24) is 15.5 Å². The molecule has 0 aliphatic carbocycles. The van der Waals surface area contributed by atoms with E-state index in [1.807, 2.05) is 76.2 Å². The molecule has 0 spiro atoms. The van der Waals surface area contributed by atoms with Crippen LogP contribution in [0.25, 0.3) is 0 Å². The van der Waals surface area contributed by atoms with Gasteiger partial charge in [0.05, 0.1) is 0 Å². The summed E-state index contributed by atoms with van der Waals surface area (Å²) in [6.45, 7) is 20.9. The van der Waals surface area contributed by atoms with Crippen LogP contribution in [-0.2, 0) is 30.3 Å². The number of benzene rings is 2. The molecule has 0 aliphatic heterocycles. The van der Waals surface area contributed by atoms with Gasteiger partial charge >= 0.3 is 12.1 Å². The molecule has 0 saturated heterocycles. The Morgan fingerprint density at radius 2 is 1.33 bits per heavy atom. The average Bonchev–Trinajstić information content (AvgIpc) is 3.02. The number of rotatable bonds is 18. The third kappa shape index (κ3) is 15.5. The van der Waals surface area contributed by atoms with E-state index in [1.165, 1.54) is 0 Å². The van der Waals surface area contributed by atoms with Gasteiger partial charge in [0.25, 0.3) is 0 Å². The minimum absolute atomic E-state index is 0.210. The molecule has 3 amide bonds. The summed E-state index contributed by atoms with van der Waals surface area (Å²) in [5, 5.41) is 5.86. The number of nitrogens with zero attached hydrogens (tertiary/aromatic N) is 1. The van der Waals surface area contributed by atoms with Crippen molar-refractivity contribution in [3.8, 4) is 0 Å². The molecule has 51 heavy (non-hydrogen) atoms. The van der Waals surface area contributed by atoms with E-state index in [1.54, 1.807) is 46.4 Å². The Hall–Kier alpha value is -3.88. The Balaban J connectivity index is 2.69. The van der Waals surface area contributed by atoms with E-state index in [0.29, 0.717) is 18.4 Å². The van der Waals surface area contributed by atoms with Gasteiger partial charge < -0.3 is 25.0 Å². The van der Waals surface area contributed by atoms with Crippen LogP contribution in [0.3, 0.4) is 0 Å². The number of aryl methyl sites for hydroxylation is 2. The van der Waals surface area contributed by atoms with Gasteiger partial charge in [-0.2, -0.15) is 0 Å². The van der Waals surface area contributed by atoms with E-state index >= 15 is 0 Å². The first-order chi connectivity index (χ1) is 23.8. The summed E-state index contributed by atoms with van der Waals surface area (Å²) in [5.41, 5.74) is 1.83. The van der Waals surface area contributed by atoms with Crippen molar-refractivity contribution in [3.63, 3.8) is 0 Å². The number of alkyl carbamates (subject to hydrolysis) is 1. The first-order valence-electron chi connectivity index (χ1n) is 18.8. The first kappa shape index (κ1) is 43.3. The number of carbonyl (C=O) groups excluding carboxylic acids is 4. The molecule has 0 aromatic heterocycles. The normalized spacial score (nSPS) is 14.1. The van der Waals surface area contributed by atoms with Gasteiger partial charge in [-0.1, -0.05) is 119 Å². The first-order valence-corrected chi connectivity index (χ1v) is 18.8. The lowest BCUT2D eigenvalue weighted by atomic mass is 9.94. The number of hydrogen-bond donors (Lipinski definition) is 2. The number of esters is 1. The highest BCUT2D eigenvalue weighted by Crippen LogP contribution is 2.28. The third-order valence-electron chi connectivity index (χ3n) is 8.60. The Morgan fingerprint density at radius 1 is 0.765 bits per heavy atom. The Bertz CT molecular complexity index is 1390. The predicted octanol–water partition coefficient (Wildman–Crippen LogP) is 8.54. The van der Waals surface area contributed by atoms with Crippen molar-refractivity contribution < 1.29 is 28.7 Å². The number of carbonyl (C=O) groups is 4. The molecular formula is C42H65N3O6. The standard InChI is InChI=1S/C42H65N3O6/c1-12-14-15-16-17-21-24-45(38(47)35(31(5)13-2)44-40(49)51-42(9,10)11)36(33-26-29(3)25-30(4)27-33)37(46)43-34(39(48)50-41(6,7)8)28-32-22-19-18-20-23-32/h18-20,22-23,25-27,31,34-36H,12-17,21,24,28H2,1-11H3,(H,43,46)(H,44,49). The fourth-order valence-corrected chi connectivity index (χ4v) is 6.03. The average molecular weight is 708 g/mol. The quantitative estimate of drug-likeness (QED) is 0.119. The van der Waals surface area contributed by atoms with Gasteiger partial charge in [0, 0.05) is 13.0 Å². The van der Waals surface area contributed by atoms with Gasteiger partial charge in [-0.05, 0) is 78.9 Å². The van der Waals surface area contributed by atoms with Crippen LogP contribution in [0.15, 0.2) is 48.5 Å². The van der Waals surface area contributed by atoms with E-state index in [2.05, 4.69) is 17.6 Å². The van der Waals surface area contributed by atoms with Crippen molar-refractivity contribution in [2.75, 3.05) is 6.54 Å². The monoisotopic (exact) mass is 707 g/mol. The molecule has 4 atom stereocenters. The Labute approximate surface area is 307 Å². The number of nitrogens with one attached hydrogen (secondary N) is 2. The van der Waals surface area contributed by atoms with Crippen molar-refractivity contribution >= 4 is 23.9 Å².